The maximum atomic E-state index is 6.23. The summed E-state index contributed by atoms with van der Waals surface area (Å²) in [4.78, 5) is 0. The molecular weight excluding hydrogens is 257 g/mol. The van der Waals surface area contributed by atoms with E-state index < -0.39 is 0 Å². The van der Waals surface area contributed by atoms with Crippen LogP contribution in [0.3, 0.4) is 0 Å². The summed E-state index contributed by atoms with van der Waals surface area (Å²) in [5, 5.41) is 4.68. The molecule has 17 heavy (non-hydrogen) atoms. The Labute approximate surface area is 112 Å². The van der Waals surface area contributed by atoms with Crippen LogP contribution in [0, 0.1) is 19.8 Å². The summed E-state index contributed by atoms with van der Waals surface area (Å²) < 4.78 is 5.81. The molecule has 1 fully saturated rings. The van der Waals surface area contributed by atoms with Crippen LogP contribution in [0.15, 0.2) is 6.07 Å². The molecule has 0 spiro atoms. The number of halogens is 2. The number of nitrogens with one attached hydrogen (secondary N) is 1. The molecule has 1 heterocycles. The predicted octanol–water partition coefficient (Wildman–Crippen LogP) is 3.60. The van der Waals surface area contributed by atoms with E-state index in [0.29, 0.717) is 17.5 Å². The number of hydrogen-bond acceptors (Lipinski definition) is 2. The second-order valence-electron chi connectivity index (χ2n) is 4.61. The first-order chi connectivity index (χ1) is 8.09. The van der Waals surface area contributed by atoms with Crippen molar-refractivity contribution in [3.05, 3.63) is 27.2 Å². The fourth-order valence-corrected chi connectivity index (χ4v) is 2.47. The Morgan fingerprint density at radius 1 is 1.35 bits per heavy atom. The third-order valence-electron chi connectivity index (χ3n) is 3.21. The van der Waals surface area contributed by atoms with Crippen LogP contribution in [0.4, 0.5) is 0 Å². The average Bonchev–Trinajstić information content (AvgIpc) is 2.82. The normalized spacial score (nSPS) is 19.6. The van der Waals surface area contributed by atoms with Crippen LogP contribution in [0.1, 0.15) is 17.5 Å². The van der Waals surface area contributed by atoms with Crippen molar-refractivity contribution in [2.45, 2.75) is 20.3 Å². The molecule has 2 rings (SSSR count). The molecule has 0 aliphatic carbocycles. The number of hydrogen-bond donors (Lipinski definition) is 1. The molecule has 1 atom stereocenters. The van der Waals surface area contributed by atoms with Gasteiger partial charge in [0.2, 0.25) is 0 Å². The molecule has 94 valence electrons. The van der Waals surface area contributed by atoms with E-state index in [-0.39, 0.29) is 0 Å². The standard InChI is InChI=1S/C13H17Cl2NO/c1-8-5-11(13(15)9(2)12(8)14)17-7-10-3-4-16-6-10/h5,10,16H,3-4,6-7H2,1-2H3/t10-/m1/s1. The van der Waals surface area contributed by atoms with Gasteiger partial charge in [-0.2, -0.15) is 0 Å². The number of benzene rings is 1. The summed E-state index contributed by atoms with van der Waals surface area (Å²) in [5.74, 6) is 1.33. The zero-order valence-electron chi connectivity index (χ0n) is 10.1. The van der Waals surface area contributed by atoms with Gasteiger partial charge in [0, 0.05) is 17.5 Å². The molecule has 0 amide bonds. The first-order valence-electron chi connectivity index (χ1n) is 5.88. The largest absolute Gasteiger partial charge is 0.492 e. The van der Waals surface area contributed by atoms with Crippen LogP contribution in [0.5, 0.6) is 5.75 Å². The average molecular weight is 274 g/mol. The van der Waals surface area contributed by atoms with Gasteiger partial charge in [-0.15, -0.1) is 0 Å². The molecule has 1 saturated heterocycles. The minimum atomic E-state index is 0.586. The van der Waals surface area contributed by atoms with E-state index >= 15 is 0 Å². The van der Waals surface area contributed by atoms with Crippen molar-refractivity contribution in [3.63, 3.8) is 0 Å². The van der Waals surface area contributed by atoms with Crippen molar-refractivity contribution >= 4 is 23.2 Å². The molecule has 1 aliphatic heterocycles. The SMILES string of the molecule is Cc1cc(OC[C@@H]2CCNC2)c(Cl)c(C)c1Cl. The van der Waals surface area contributed by atoms with Gasteiger partial charge >= 0.3 is 0 Å². The second-order valence-corrected chi connectivity index (χ2v) is 5.37. The van der Waals surface area contributed by atoms with Crippen LogP contribution < -0.4 is 10.1 Å². The molecule has 1 aromatic carbocycles. The van der Waals surface area contributed by atoms with Gasteiger partial charge in [-0.05, 0) is 44.0 Å². The Balaban J connectivity index is 2.10. The Hall–Kier alpha value is -0.440. The molecule has 1 N–H and O–H groups in total. The highest BCUT2D eigenvalue weighted by Crippen LogP contribution is 2.35. The van der Waals surface area contributed by atoms with E-state index in [1.165, 1.54) is 6.42 Å². The fourth-order valence-electron chi connectivity index (χ4n) is 2.07. The molecule has 0 radical (unpaired) electrons. The highest BCUT2D eigenvalue weighted by atomic mass is 35.5. The first kappa shape index (κ1) is 13.0. The van der Waals surface area contributed by atoms with Crippen molar-refractivity contribution < 1.29 is 4.74 Å². The molecule has 0 bridgehead atoms. The van der Waals surface area contributed by atoms with Crippen LogP contribution in [-0.2, 0) is 0 Å². The molecular formula is C13H17Cl2NO. The van der Waals surface area contributed by atoms with Gasteiger partial charge in [0.25, 0.3) is 0 Å². The van der Waals surface area contributed by atoms with Gasteiger partial charge in [0.1, 0.15) is 5.75 Å². The lowest BCUT2D eigenvalue weighted by Gasteiger charge is -2.15. The third kappa shape index (κ3) is 2.87. The maximum Gasteiger partial charge on any atom is 0.138 e. The molecule has 4 heteroatoms. The summed E-state index contributed by atoms with van der Waals surface area (Å²) in [7, 11) is 0. The van der Waals surface area contributed by atoms with E-state index in [1.54, 1.807) is 0 Å². The summed E-state index contributed by atoms with van der Waals surface area (Å²) in [6.07, 6.45) is 1.17. The second kappa shape index (κ2) is 5.47. The van der Waals surface area contributed by atoms with E-state index in [0.717, 1.165) is 35.0 Å². The van der Waals surface area contributed by atoms with Crippen LogP contribution in [0.2, 0.25) is 10.0 Å². The molecule has 0 aromatic heterocycles. The van der Waals surface area contributed by atoms with Crippen molar-refractivity contribution in [2.75, 3.05) is 19.7 Å². The summed E-state index contributed by atoms with van der Waals surface area (Å²) in [5.41, 5.74) is 1.90. The van der Waals surface area contributed by atoms with Crippen LogP contribution >= 0.6 is 23.2 Å². The quantitative estimate of drug-likeness (QED) is 0.909. The zero-order valence-corrected chi connectivity index (χ0v) is 11.7. The lowest BCUT2D eigenvalue weighted by molar-refractivity contribution is 0.260. The number of ether oxygens (including phenoxy) is 1. The van der Waals surface area contributed by atoms with Gasteiger partial charge < -0.3 is 10.1 Å². The monoisotopic (exact) mass is 273 g/mol. The molecule has 0 unspecified atom stereocenters. The molecule has 2 nitrogen and oxygen atoms in total. The maximum absolute atomic E-state index is 6.23. The first-order valence-corrected chi connectivity index (χ1v) is 6.64. The minimum Gasteiger partial charge on any atom is -0.492 e. The van der Waals surface area contributed by atoms with Gasteiger partial charge in [-0.3, -0.25) is 0 Å². The minimum absolute atomic E-state index is 0.586. The summed E-state index contributed by atoms with van der Waals surface area (Å²) >= 11 is 12.4. The lowest BCUT2D eigenvalue weighted by Crippen LogP contribution is -2.15. The van der Waals surface area contributed by atoms with Crippen LogP contribution in [0.25, 0.3) is 0 Å². The third-order valence-corrected chi connectivity index (χ3v) is 4.26. The Kier molecular flexibility index (Phi) is 4.18. The van der Waals surface area contributed by atoms with Crippen molar-refractivity contribution in [2.24, 2.45) is 5.92 Å². The van der Waals surface area contributed by atoms with Gasteiger partial charge in [-0.1, -0.05) is 23.2 Å². The van der Waals surface area contributed by atoms with E-state index in [1.807, 2.05) is 19.9 Å². The summed E-state index contributed by atoms with van der Waals surface area (Å²) in [6, 6.07) is 1.92. The lowest BCUT2D eigenvalue weighted by atomic mass is 10.1. The van der Waals surface area contributed by atoms with Gasteiger partial charge in [-0.25, -0.2) is 0 Å². The van der Waals surface area contributed by atoms with E-state index in [2.05, 4.69) is 5.32 Å². The molecule has 0 saturated carbocycles. The Bertz CT molecular complexity index is 414. The smallest absolute Gasteiger partial charge is 0.138 e. The number of rotatable bonds is 3. The fraction of sp³-hybridized carbons (Fsp3) is 0.538. The summed E-state index contributed by atoms with van der Waals surface area (Å²) in [6.45, 7) is 6.72. The van der Waals surface area contributed by atoms with Crippen molar-refractivity contribution in [3.8, 4) is 5.75 Å². The highest BCUT2D eigenvalue weighted by molar-refractivity contribution is 6.37. The van der Waals surface area contributed by atoms with Crippen LogP contribution in [-0.4, -0.2) is 19.7 Å². The van der Waals surface area contributed by atoms with Gasteiger partial charge in [0.15, 0.2) is 0 Å². The Morgan fingerprint density at radius 2 is 2.12 bits per heavy atom. The van der Waals surface area contributed by atoms with Crippen molar-refractivity contribution in [1.82, 2.24) is 5.32 Å². The highest BCUT2D eigenvalue weighted by Gasteiger charge is 2.17. The number of aryl methyl sites for hydroxylation is 1. The molecule has 1 aromatic rings. The zero-order chi connectivity index (χ0) is 12.4. The molecule has 1 aliphatic rings. The van der Waals surface area contributed by atoms with Crippen molar-refractivity contribution in [1.29, 1.82) is 0 Å². The van der Waals surface area contributed by atoms with Gasteiger partial charge in [0.05, 0.1) is 11.6 Å². The predicted molar refractivity (Wildman–Crippen MR) is 72.4 cm³/mol. The topological polar surface area (TPSA) is 21.3 Å². The van der Waals surface area contributed by atoms with E-state index in [4.69, 9.17) is 27.9 Å². The van der Waals surface area contributed by atoms with E-state index in [9.17, 15) is 0 Å². The Morgan fingerprint density at radius 3 is 2.76 bits per heavy atom.